The number of aliphatic hydroxyl groups excluding tert-OH is 1. The number of carbonyl (C=O) groups is 1. The van der Waals surface area contributed by atoms with E-state index in [2.05, 4.69) is 10.3 Å². The first-order valence-electron chi connectivity index (χ1n) is 5.17. The van der Waals surface area contributed by atoms with Crippen molar-refractivity contribution in [2.45, 2.75) is 37.8 Å². The third-order valence-electron chi connectivity index (χ3n) is 2.90. The van der Waals surface area contributed by atoms with Crippen LogP contribution < -0.4 is 0 Å². The molecule has 0 spiro atoms. The highest BCUT2D eigenvalue weighted by Gasteiger charge is 2.34. The van der Waals surface area contributed by atoms with Gasteiger partial charge in [0.15, 0.2) is 5.69 Å². The van der Waals surface area contributed by atoms with Crippen LogP contribution in [-0.2, 0) is 0 Å². The molecule has 17 heavy (non-hydrogen) atoms. The van der Waals surface area contributed by atoms with Gasteiger partial charge < -0.3 is 10.2 Å². The minimum Gasteiger partial charge on any atom is -0.476 e. The molecule has 2 atom stereocenters. The zero-order chi connectivity index (χ0) is 12.6. The van der Waals surface area contributed by atoms with Crippen molar-refractivity contribution in [3.63, 3.8) is 0 Å². The molecule has 0 bridgehead atoms. The molecule has 1 aromatic heterocycles. The largest absolute Gasteiger partial charge is 0.476 e. The number of carboxylic acid groups (broad SMARTS) is 1. The number of carboxylic acids is 1. The van der Waals surface area contributed by atoms with Crippen LogP contribution in [0.1, 0.15) is 47.9 Å². The summed E-state index contributed by atoms with van der Waals surface area (Å²) in [6.45, 7) is 0. The Morgan fingerprint density at radius 2 is 2.18 bits per heavy atom. The maximum atomic E-state index is 12.8. The smallest absolute Gasteiger partial charge is 0.358 e. The molecule has 0 aromatic carbocycles. The summed E-state index contributed by atoms with van der Waals surface area (Å²) in [5, 5.41) is 25.0. The maximum absolute atomic E-state index is 12.8. The fraction of sp³-hybridized carbons (Fsp3) is 0.667. The van der Waals surface area contributed by atoms with Crippen molar-refractivity contribution in [2.75, 3.05) is 0 Å². The molecule has 1 aliphatic carbocycles. The molecule has 2 unspecified atom stereocenters. The van der Waals surface area contributed by atoms with Gasteiger partial charge in [0.05, 0.1) is 12.1 Å². The van der Waals surface area contributed by atoms with Crippen LogP contribution in [-0.4, -0.2) is 37.3 Å². The van der Waals surface area contributed by atoms with Crippen molar-refractivity contribution in [3.05, 3.63) is 11.4 Å². The second-order valence-corrected chi connectivity index (χ2v) is 3.94. The number of nitrogens with zero attached hydrogens (tertiary/aromatic N) is 3. The van der Waals surface area contributed by atoms with Crippen molar-refractivity contribution in [3.8, 4) is 0 Å². The molecule has 1 aliphatic rings. The van der Waals surface area contributed by atoms with Crippen molar-refractivity contribution in [1.82, 2.24) is 15.0 Å². The van der Waals surface area contributed by atoms with Gasteiger partial charge in [-0.15, -0.1) is 5.10 Å². The van der Waals surface area contributed by atoms with E-state index in [-0.39, 0.29) is 0 Å². The lowest BCUT2D eigenvalue weighted by atomic mass is 10.2. The van der Waals surface area contributed by atoms with Crippen LogP contribution in [0.15, 0.2) is 0 Å². The summed E-state index contributed by atoms with van der Waals surface area (Å²) in [6.07, 6.45) is -2.09. The van der Waals surface area contributed by atoms with Crippen LogP contribution in [0.4, 0.5) is 8.78 Å². The van der Waals surface area contributed by atoms with E-state index < -0.39 is 35.9 Å². The highest BCUT2D eigenvalue weighted by molar-refractivity contribution is 5.86. The summed E-state index contributed by atoms with van der Waals surface area (Å²) in [6, 6.07) is -0.611. The van der Waals surface area contributed by atoms with Crippen molar-refractivity contribution in [2.24, 2.45) is 0 Å². The molecule has 6 nitrogen and oxygen atoms in total. The lowest BCUT2D eigenvalue weighted by molar-refractivity contribution is 0.0670. The Balaban J connectivity index is 2.43. The first kappa shape index (κ1) is 11.9. The molecular formula is C9H11F2N3O3. The minimum absolute atomic E-state index is 0.489. The number of hydrogen-bond donors (Lipinski definition) is 2. The Morgan fingerprint density at radius 3 is 2.65 bits per heavy atom. The number of halogens is 2. The molecule has 1 saturated carbocycles. The van der Waals surface area contributed by atoms with Gasteiger partial charge in [-0.1, -0.05) is 5.21 Å². The van der Waals surface area contributed by atoms with Gasteiger partial charge in [0, 0.05) is 0 Å². The Labute approximate surface area is 94.9 Å². The van der Waals surface area contributed by atoms with E-state index in [4.69, 9.17) is 5.11 Å². The molecule has 1 aromatic rings. The zero-order valence-corrected chi connectivity index (χ0v) is 8.75. The third kappa shape index (κ3) is 1.99. The van der Waals surface area contributed by atoms with E-state index in [0.29, 0.717) is 19.3 Å². The lowest BCUT2D eigenvalue weighted by Gasteiger charge is -2.16. The van der Waals surface area contributed by atoms with Gasteiger partial charge in [0.25, 0.3) is 6.43 Å². The quantitative estimate of drug-likeness (QED) is 0.831. The summed E-state index contributed by atoms with van der Waals surface area (Å²) < 4.78 is 26.5. The van der Waals surface area contributed by atoms with Crippen LogP contribution in [0.25, 0.3) is 0 Å². The lowest BCUT2D eigenvalue weighted by Crippen LogP contribution is -2.22. The Kier molecular flexibility index (Phi) is 3.05. The Bertz CT molecular complexity index is 435. The second-order valence-electron chi connectivity index (χ2n) is 3.94. The molecule has 1 heterocycles. The van der Waals surface area contributed by atoms with E-state index in [0.717, 1.165) is 4.68 Å². The predicted molar refractivity (Wildman–Crippen MR) is 50.8 cm³/mol. The van der Waals surface area contributed by atoms with Crippen molar-refractivity contribution >= 4 is 5.97 Å². The van der Waals surface area contributed by atoms with Crippen LogP contribution in [0.5, 0.6) is 0 Å². The van der Waals surface area contributed by atoms with E-state index in [1.807, 2.05) is 0 Å². The molecule has 2 rings (SSSR count). The van der Waals surface area contributed by atoms with Gasteiger partial charge in [-0.25, -0.2) is 18.3 Å². The number of aromatic carboxylic acids is 1. The second kappa shape index (κ2) is 4.36. The van der Waals surface area contributed by atoms with Crippen molar-refractivity contribution in [1.29, 1.82) is 0 Å². The number of alkyl halides is 2. The van der Waals surface area contributed by atoms with Crippen molar-refractivity contribution < 1.29 is 23.8 Å². The third-order valence-corrected chi connectivity index (χ3v) is 2.90. The molecule has 0 saturated heterocycles. The Hall–Kier alpha value is -1.57. The monoisotopic (exact) mass is 247 g/mol. The summed E-state index contributed by atoms with van der Waals surface area (Å²) in [7, 11) is 0. The molecule has 0 amide bonds. The first-order valence-corrected chi connectivity index (χ1v) is 5.17. The number of aliphatic hydroxyl groups is 1. The van der Waals surface area contributed by atoms with E-state index in [1.54, 1.807) is 0 Å². The van der Waals surface area contributed by atoms with Gasteiger partial charge in [-0.2, -0.15) is 0 Å². The van der Waals surface area contributed by atoms with Gasteiger partial charge in [-0.05, 0) is 19.3 Å². The average Bonchev–Trinajstić information content (AvgIpc) is 2.82. The molecule has 1 fully saturated rings. The van der Waals surface area contributed by atoms with Crippen LogP contribution in [0, 0.1) is 0 Å². The molecule has 8 heteroatoms. The maximum Gasteiger partial charge on any atom is 0.358 e. The molecule has 94 valence electrons. The van der Waals surface area contributed by atoms with E-state index >= 15 is 0 Å². The highest BCUT2D eigenvalue weighted by Crippen LogP contribution is 2.33. The SMILES string of the molecule is O=C(O)c1nnn(C2CCCC2O)c1C(F)F. The summed E-state index contributed by atoms with van der Waals surface area (Å²) >= 11 is 0. The van der Waals surface area contributed by atoms with Crippen LogP contribution >= 0.6 is 0 Å². The van der Waals surface area contributed by atoms with Gasteiger partial charge in [-0.3, -0.25) is 0 Å². The first-order chi connectivity index (χ1) is 8.02. The fourth-order valence-corrected chi connectivity index (χ4v) is 2.11. The summed E-state index contributed by atoms with van der Waals surface area (Å²) in [4.78, 5) is 10.7. The van der Waals surface area contributed by atoms with E-state index in [1.165, 1.54) is 0 Å². The van der Waals surface area contributed by atoms with E-state index in [9.17, 15) is 18.7 Å². The zero-order valence-electron chi connectivity index (χ0n) is 8.75. The molecule has 0 radical (unpaired) electrons. The molecule has 2 N–H and O–H groups in total. The van der Waals surface area contributed by atoms with Gasteiger partial charge in [0.1, 0.15) is 5.69 Å². The van der Waals surface area contributed by atoms with Crippen LogP contribution in [0.2, 0.25) is 0 Å². The van der Waals surface area contributed by atoms with Gasteiger partial charge >= 0.3 is 5.97 Å². The molecular weight excluding hydrogens is 236 g/mol. The number of rotatable bonds is 3. The standard InChI is InChI=1S/C9H11F2N3O3/c10-8(11)7-6(9(16)17)12-13-14(7)4-2-1-3-5(4)15/h4-5,8,15H,1-3H2,(H,16,17). The number of hydrogen-bond acceptors (Lipinski definition) is 4. The van der Waals surface area contributed by atoms with Gasteiger partial charge in [0.2, 0.25) is 0 Å². The Morgan fingerprint density at radius 1 is 1.47 bits per heavy atom. The summed E-state index contributed by atoms with van der Waals surface area (Å²) in [5.74, 6) is -1.54. The predicted octanol–water partition coefficient (Wildman–Crippen LogP) is 1.000. The molecule has 0 aliphatic heterocycles. The normalized spacial score (nSPS) is 24.5. The number of aromatic nitrogens is 3. The van der Waals surface area contributed by atoms with Crippen LogP contribution in [0.3, 0.4) is 0 Å². The summed E-state index contributed by atoms with van der Waals surface area (Å²) in [5.41, 5.74) is -1.48. The highest BCUT2D eigenvalue weighted by atomic mass is 19.3. The fourth-order valence-electron chi connectivity index (χ4n) is 2.11. The topological polar surface area (TPSA) is 88.2 Å². The average molecular weight is 247 g/mol. The minimum atomic E-state index is -2.98.